The Hall–Kier alpha value is -2.14. The maximum Gasteiger partial charge on any atom is 0.244 e. The van der Waals surface area contributed by atoms with Crippen molar-refractivity contribution in [1.29, 1.82) is 0 Å². The van der Waals surface area contributed by atoms with Gasteiger partial charge in [0.1, 0.15) is 5.75 Å². The van der Waals surface area contributed by atoms with E-state index in [1.807, 2.05) is 32.0 Å². The molecule has 22 heavy (non-hydrogen) atoms. The fraction of sp³-hybridized carbons (Fsp3) is 0.176. The molecule has 5 heteroatoms. The molecule has 0 aliphatic carbocycles. The largest absolute Gasteiger partial charge is 0.507 e. The van der Waals surface area contributed by atoms with Crippen molar-refractivity contribution < 1.29 is 9.90 Å². The number of amides is 1. The minimum absolute atomic E-state index is 0.107. The number of carbonyl (C=O) groups excluding carboxylic acids is 1. The van der Waals surface area contributed by atoms with Crippen LogP contribution in [0.4, 0.5) is 0 Å². The van der Waals surface area contributed by atoms with Gasteiger partial charge in [0.05, 0.1) is 12.6 Å². The average Bonchev–Trinajstić information content (AvgIpc) is 2.46. The molecule has 2 N–H and O–H groups in total. The number of aryl methyl sites for hydroxylation is 2. The molecule has 0 saturated heterocycles. The summed E-state index contributed by atoms with van der Waals surface area (Å²) >= 11 is 3.32. The third kappa shape index (κ3) is 4.43. The predicted octanol–water partition coefficient (Wildman–Crippen LogP) is 3.46. The van der Waals surface area contributed by atoms with Crippen molar-refractivity contribution in [2.45, 2.75) is 20.3 Å². The van der Waals surface area contributed by atoms with Gasteiger partial charge < -0.3 is 5.11 Å². The van der Waals surface area contributed by atoms with Crippen LogP contribution in [0.5, 0.6) is 5.75 Å². The first kappa shape index (κ1) is 16.2. The molecular formula is C17H17BrN2O2. The molecule has 114 valence electrons. The number of phenolic OH excluding ortho intramolecular Hbond substituents is 1. The second kappa shape index (κ2) is 7.22. The van der Waals surface area contributed by atoms with E-state index in [1.54, 1.807) is 18.2 Å². The van der Waals surface area contributed by atoms with E-state index < -0.39 is 0 Å². The molecule has 4 nitrogen and oxygen atoms in total. The van der Waals surface area contributed by atoms with Gasteiger partial charge in [-0.3, -0.25) is 4.79 Å². The van der Waals surface area contributed by atoms with E-state index in [4.69, 9.17) is 0 Å². The minimum atomic E-state index is -0.195. The number of hydrogen-bond acceptors (Lipinski definition) is 3. The molecule has 0 fully saturated rings. The number of halogens is 1. The smallest absolute Gasteiger partial charge is 0.244 e. The van der Waals surface area contributed by atoms with Crippen LogP contribution >= 0.6 is 15.9 Å². The standard InChI is InChI=1S/C17H17BrN2O2/c1-11-3-4-12(2)13(7-11)9-17(22)20-19-10-14-8-15(18)5-6-16(14)21/h3-8,10,21H,9H2,1-2H3,(H,20,22)/b19-10+. The number of carbonyl (C=O) groups is 1. The molecule has 0 radical (unpaired) electrons. The molecule has 2 rings (SSSR count). The summed E-state index contributed by atoms with van der Waals surface area (Å²) in [5.41, 5.74) is 6.19. The van der Waals surface area contributed by atoms with Crippen molar-refractivity contribution in [3.05, 3.63) is 63.1 Å². The van der Waals surface area contributed by atoms with E-state index in [0.717, 1.165) is 21.2 Å². The first-order chi connectivity index (χ1) is 10.5. The van der Waals surface area contributed by atoms with Gasteiger partial charge in [0.15, 0.2) is 0 Å². The SMILES string of the molecule is Cc1ccc(C)c(CC(=O)N/N=C/c2cc(Br)ccc2O)c1. The zero-order chi connectivity index (χ0) is 16.1. The number of hydrazone groups is 1. The van der Waals surface area contributed by atoms with Gasteiger partial charge in [-0.25, -0.2) is 5.43 Å². The lowest BCUT2D eigenvalue weighted by Crippen LogP contribution is -2.20. The van der Waals surface area contributed by atoms with Crippen LogP contribution in [0.2, 0.25) is 0 Å². The van der Waals surface area contributed by atoms with Crippen LogP contribution in [0.1, 0.15) is 22.3 Å². The Balaban J connectivity index is 1.99. The molecule has 0 aliphatic rings. The van der Waals surface area contributed by atoms with Crippen molar-refractivity contribution in [2.24, 2.45) is 5.10 Å². The average molecular weight is 361 g/mol. The van der Waals surface area contributed by atoms with Gasteiger partial charge in [0, 0.05) is 10.0 Å². The maximum absolute atomic E-state index is 11.9. The number of nitrogens with zero attached hydrogens (tertiary/aromatic N) is 1. The van der Waals surface area contributed by atoms with Crippen LogP contribution in [0.15, 0.2) is 46.0 Å². The Morgan fingerprint density at radius 1 is 1.27 bits per heavy atom. The summed E-state index contributed by atoms with van der Waals surface area (Å²) in [4.78, 5) is 11.9. The molecule has 0 unspecified atom stereocenters. The van der Waals surface area contributed by atoms with E-state index in [1.165, 1.54) is 6.21 Å². The second-order valence-corrected chi connectivity index (χ2v) is 6.02. The number of aromatic hydroxyl groups is 1. The van der Waals surface area contributed by atoms with Crippen molar-refractivity contribution in [1.82, 2.24) is 5.43 Å². The van der Waals surface area contributed by atoms with Gasteiger partial charge in [0.2, 0.25) is 5.91 Å². The summed E-state index contributed by atoms with van der Waals surface area (Å²) in [6.45, 7) is 3.97. The number of nitrogens with one attached hydrogen (secondary N) is 1. The summed E-state index contributed by atoms with van der Waals surface area (Å²) < 4.78 is 0.827. The lowest BCUT2D eigenvalue weighted by atomic mass is 10.0. The Kier molecular flexibility index (Phi) is 5.33. The van der Waals surface area contributed by atoms with Gasteiger partial charge in [0.25, 0.3) is 0 Å². The summed E-state index contributed by atoms with van der Waals surface area (Å²) in [6.07, 6.45) is 1.69. The Morgan fingerprint density at radius 3 is 2.82 bits per heavy atom. The van der Waals surface area contributed by atoms with Crippen LogP contribution in [0.25, 0.3) is 0 Å². The Bertz CT molecular complexity index is 727. The van der Waals surface area contributed by atoms with Crippen LogP contribution < -0.4 is 5.43 Å². The number of phenols is 1. The first-order valence-electron chi connectivity index (χ1n) is 6.82. The van der Waals surface area contributed by atoms with Crippen molar-refractivity contribution in [3.8, 4) is 5.75 Å². The normalized spacial score (nSPS) is 10.9. The van der Waals surface area contributed by atoms with E-state index in [9.17, 15) is 9.90 Å². The zero-order valence-corrected chi connectivity index (χ0v) is 14.0. The molecule has 1 amide bonds. The molecule has 2 aromatic rings. The van der Waals surface area contributed by atoms with Gasteiger partial charge in [-0.2, -0.15) is 5.10 Å². The second-order valence-electron chi connectivity index (χ2n) is 5.10. The highest BCUT2D eigenvalue weighted by Crippen LogP contribution is 2.19. The highest BCUT2D eigenvalue weighted by atomic mass is 79.9. The quantitative estimate of drug-likeness (QED) is 0.647. The van der Waals surface area contributed by atoms with Gasteiger partial charge in [-0.15, -0.1) is 0 Å². The van der Waals surface area contributed by atoms with Crippen LogP contribution in [-0.2, 0) is 11.2 Å². The van der Waals surface area contributed by atoms with Gasteiger partial charge in [-0.05, 0) is 43.2 Å². The highest BCUT2D eigenvalue weighted by Gasteiger charge is 2.05. The highest BCUT2D eigenvalue weighted by molar-refractivity contribution is 9.10. The van der Waals surface area contributed by atoms with Crippen molar-refractivity contribution >= 4 is 28.1 Å². The van der Waals surface area contributed by atoms with Crippen LogP contribution in [0.3, 0.4) is 0 Å². The van der Waals surface area contributed by atoms with E-state index in [0.29, 0.717) is 5.56 Å². The van der Waals surface area contributed by atoms with Crippen molar-refractivity contribution in [2.75, 3.05) is 0 Å². The topological polar surface area (TPSA) is 61.7 Å². The summed E-state index contributed by atoms with van der Waals surface area (Å²) in [7, 11) is 0. The number of benzene rings is 2. The maximum atomic E-state index is 11.9. The third-order valence-electron chi connectivity index (χ3n) is 3.24. The van der Waals surface area contributed by atoms with Gasteiger partial charge in [-0.1, -0.05) is 39.7 Å². The van der Waals surface area contributed by atoms with E-state index >= 15 is 0 Å². The number of rotatable bonds is 4. The molecule has 0 aromatic heterocycles. The fourth-order valence-corrected chi connectivity index (χ4v) is 2.38. The Morgan fingerprint density at radius 2 is 2.05 bits per heavy atom. The van der Waals surface area contributed by atoms with Crippen LogP contribution in [0, 0.1) is 13.8 Å². The molecule has 0 spiro atoms. The Labute approximate surface area is 138 Å². The molecule has 0 aliphatic heterocycles. The monoisotopic (exact) mass is 360 g/mol. The lowest BCUT2D eigenvalue weighted by Gasteiger charge is -2.06. The predicted molar refractivity (Wildman–Crippen MR) is 91.2 cm³/mol. The third-order valence-corrected chi connectivity index (χ3v) is 3.73. The molecule has 0 heterocycles. The van der Waals surface area contributed by atoms with Crippen molar-refractivity contribution in [3.63, 3.8) is 0 Å². The molecule has 0 bridgehead atoms. The zero-order valence-electron chi connectivity index (χ0n) is 12.4. The summed E-state index contributed by atoms with van der Waals surface area (Å²) in [5.74, 6) is -0.0878. The molecular weight excluding hydrogens is 344 g/mol. The van der Waals surface area contributed by atoms with E-state index in [-0.39, 0.29) is 18.1 Å². The van der Waals surface area contributed by atoms with E-state index in [2.05, 4.69) is 26.5 Å². The number of hydrogen-bond donors (Lipinski definition) is 2. The van der Waals surface area contributed by atoms with Gasteiger partial charge >= 0.3 is 0 Å². The minimum Gasteiger partial charge on any atom is -0.507 e. The lowest BCUT2D eigenvalue weighted by molar-refractivity contribution is -0.120. The summed E-state index contributed by atoms with van der Waals surface area (Å²) in [6, 6.07) is 11.0. The first-order valence-corrected chi connectivity index (χ1v) is 7.61. The molecule has 0 saturated carbocycles. The molecule has 2 aromatic carbocycles. The molecule has 0 atom stereocenters. The summed E-state index contributed by atoms with van der Waals surface area (Å²) in [5, 5.41) is 13.6. The fourth-order valence-electron chi connectivity index (χ4n) is 2.01. The van der Waals surface area contributed by atoms with Crippen LogP contribution in [-0.4, -0.2) is 17.2 Å².